The Balaban J connectivity index is 1.59. The molecule has 4 aromatic carbocycles. The molecule has 0 heterocycles. The molecule has 0 aromatic heterocycles. The zero-order valence-corrected chi connectivity index (χ0v) is 23.8. The minimum absolute atomic E-state index is 0.147. The highest BCUT2D eigenvalue weighted by atomic mass is 14.9. The Bertz CT molecular complexity index is 1270. The lowest BCUT2D eigenvalue weighted by Gasteiger charge is -2.23. The van der Waals surface area contributed by atoms with Crippen molar-refractivity contribution in [3.63, 3.8) is 0 Å². The molecule has 0 radical (unpaired) electrons. The maximum absolute atomic E-state index is 3.68. The average Bonchev–Trinajstić information content (AvgIpc) is 2.77. The highest BCUT2D eigenvalue weighted by molar-refractivity contribution is 5.90. The molecule has 4 aromatic rings. The van der Waals surface area contributed by atoms with Crippen molar-refractivity contribution in [1.82, 2.24) is 0 Å². The Hall–Kier alpha value is -3.26. The third-order valence-corrected chi connectivity index (χ3v) is 7.18. The van der Waals surface area contributed by atoms with Crippen LogP contribution in [0.4, 0.5) is 22.7 Å². The first-order chi connectivity index (χ1) is 16.7. The minimum atomic E-state index is 0.147. The summed E-state index contributed by atoms with van der Waals surface area (Å²) in [6, 6.07) is 22.5. The van der Waals surface area contributed by atoms with Gasteiger partial charge >= 0.3 is 0 Å². The van der Waals surface area contributed by atoms with Gasteiger partial charge in [0, 0.05) is 22.7 Å². The van der Waals surface area contributed by atoms with Crippen molar-refractivity contribution in [1.29, 1.82) is 0 Å². The molecule has 0 fully saturated rings. The molecule has 0 saturated carbocycles. The van der Waals surface area contributed by atoms with Gasteiger partial charge in [0.2, 0.25) is 0 Å². The lowest BCUT2D eigenvalue weighted by molar-refractivity contribution is 0.589. The maximum Gasteiger partial charge on any atom is 0.0443 e. The highest BCUT2D eigenvalue weighted by Gasteiger charge is 2.18. The molecule has 2 N–H and O–H groups in total. The van der Waals surface area contributed by atoms with Crippen LogP contribution in [0.1, 0.15) is 74.9 Å². The van der Waals surface area contributed by atoms with Crippen LogP contribution >= 0.6 is 0 Å². The summed E-state index contributed by atoms with van der Waals surface area (Å²) in [7, 11) is 0. The second kappa shape index (κ2) is 9.32. The summed E-state index contributed by atoms with van der Waals surface area (Å²) in [4.78, 5) is 0. The predicted molar refractivity (Wildman–Crippen MR) is 160 cm³/mol. The van der Waals surface area contributed by atoms with Gasteiger partial charge < -0.3 is 10.6 Å². The van der Waals surface area contributed by atoms with Gasteiger partial charge in [0.15, 0.2) is 0 Å². The van der Waals surface area contributed by atoms with Gasteiger partial charge in [-0.1, -0.05) is 77.9 Å². The minimum Gasteiger partial charge on any atom is -0.355 e. The first-order valence-corrected chi connectivity index (χ1v) is 13.0. The number of nitrogens with one attached hydrogen (secondary N) is 2. The van der Waals surface area contributed by atoms with E-state index >= 15 is 0 Å². The summed E-state index contributed by atoms with van der Waals surface area (Å²) < 4.78 is 0. The molecule has 0 spiro atoms. The summed E-state index contributed by atoms with van der Waals surface area (Å²) in [5, 5.41) is 9.82. The molecule has 0 amide bonds. The van der Waals surface area contributed by atoms with Crippen molar-refractivity contribution in [2.24, 2.45) is 0 Å². The predicted octanol–water partition coefficient (Wildman–Crippen LogP) is 10.2. The number of anilines is 4. The number of rotatable bonds is 4. The van der Waals surface area contributed by atoms with Crippen LogP contribution in [-0.2, 0) is 10.8 Å². The van der Waals surface area contributed by atoms with E-state index in [4.69, 9.17) is 0 Å². The molecule has 0 aliphatic carbocycles. The molecule has 2 heteroatoms. The van der Waals surface area contributed by atoms with Gasteiger partial charge in [-0.3, -0.25) is 0 Å². The van der Waals surface area contributed by atoms with Crippen molar-refractivity contribution < 1.29 is 0 Å². The van der Waals surface area contributed by atoms with Gasteiger partial charge in [-0.05, 0) is 107 Å². The molecular formula is C34H42N2. The van der Waals surface area contributed by atoms with Crippen LogP contribution in [0.2, 0.25) is 0 Å². The van der Waals surface area contributed by atoms with Gasteiger partial charge in [0.25, 0.3) is 0 Å². The van der Waals surface area contributed by atoms with Gasteiger partial charge in [-0.15, -0.1) is 0 Å². The number of hydrogen-bond donors (Lipinski definition) is 2. The Morgan fingerprint density at radius 2 is 0.750 bits per heavy atom. The summed E-state index contributed by atoms with van der Waals surface area (Å²) in [6.45, 7) is 22.4. The first-order valence-electron chi connectivity index (χ1n) is 13.0. The number of aryl methyl sites for hydroxylation is 4. The standard InChI is InChI=1S/C34H42N2/c1-21-15-27(33(5,6)7)16-22(2)31(21)35-29-13-11-26-20-30(14-12-25(26)19-29)36-32-23(3)17-28(18-24(32)4)34(8,9)10/h11-20,35-36H,1-10H3. The molecule has 0 atom stereocenters. The van der Waals surface area contributed by atoms with E-state index in [9.17, 15) is 0 Å². The van der Waals surface area contributed by atoms with E-state index in [2.05, 4.69) is 141 Å². The van der Waals surface area contributed by atoms with Crippen molar-refractivity contribution in [3.05, 3.63) is 94.0 Å². The van der Waals surface area contributed by atoms with Gasteiger partial charge in [-0.2, -0.15) is 0 Å². The van der Waals surface area contributed by atoms with Crippen LogP contribution in [0.25, 0.3) is 10.8 Å². The third kappa shape index (κ3) is 5.43. The quantitative estimate of drug-likeness (QED) is 0.305. The van der Waals surface area contributed by atoms with E-state index in [-0.39, 0.29) is 10.8 Å². The molecule has 36 heavy (non-hydrogen) atoms. The second-order valence-corrected chi connectivity index (χ2v) is 12.5. The average molecular weight is 479 g/mol. The lowest BCUT2D eigenvalue weighted by Crippen LogP contribution is -2.12. The van der Waals surface area contributed by atoms with Crippen molar-refractivity contribution in [2.45, 2.75) is 80.1 Å². The summed E-state index contributed by atoms with van der Waals surface area (Å²) in [5.41, 5.74) is 12.8. The third-order valence-electron chi connectivity index (χ3n) is 7.18. The van der Waals surface area contributed by atoms with E-state index in [1.807, 2.05) is 0 Å². The molecule has 188 valence electrons. The van der Waals surface area contributed by atoms with Crippen LogP contribution in [0.15, 0.2) is 60.7 Å². The first kappa shape index (κ1) is 25.8. The number of fused-ring (bicyclic) bond motifs is 1. The largest absolute Gasteiger partial charge is 0.355 e. The molecule has 0 saturated heterocycles. The normalized spacial score (nSPS) is 12.2. The highest BCUT2D eigenvalue weighted by Crippen LogP contribution is 2.34. The lowest BCUT2D eigenvalue weighted by atomic mass is 9.84. The molecule has 4 rings (SSSR count). The van der Waals surface area contributed by atoms with E-state index < -0.39 is 0 Å². The fourth-order valence-electron chi connectivity index (χ4n) is 4.88. The Morgan fingerprint density at radius 1 is 0.444 bits per heavy atom. The van der Waals surface area contributed by atoms with Gasteiger partial charge in [0.05, 0.1) is 0 Å². The zero-order valence-electron chi connectivity index (χ0n) is 23.8. The maximum atomic E-state index is 3.68. The molecule has 0 aliphatic rings. The van der Waals surface area contributed by atoms with Gasteiger partial charge in [0.1, 0.15) is 0 Å². The van der Waals surface area contributed by atoms with Gasteiger partial charge in [-0.25, -0.2) is 0 Å². The smallest absolute Gasteiger partial charge is 0.0443 e. The fraction of sp³-hybridized carbons (Fsp3) is 0.353. The van der Waals surface area contributed by atoms with Crippen molar-refractivity contribution >= 4 is 33.5 Å². The van der Waals surface area contributed by atoms with Crippen molar-refractivity contribution in [3.8, 4) is 0 Å². The Morgan fingerprint density at radius 3 is 1.03 bits per heavy atom. The van der Waals surface area contributed by atoms with E-state index in [0.29, 0.717) is 0 Å². The Kier molecular flexibility index (Phi) is 6.68. The number of benzene rings is 4. The summed E-state index contributed by atoms with van der Waals surface area (Å²) in [5.74, 6) is 0. The number of hydrogen-bond acceptors (Lipinski definition) is 2. The zero-order chi connectivity index (χ0) is 26.4. The fourth-order valence-corrected chi connectivity index (χ4v) is 4.88. The van der Waals surface area contributed by atoms with Crippen molar-refractivity contribution in [2.75, 3.05) is 10.6 Å². The summed E-state index contributed by atoms with van der Waals surface area (Å²) >= 11 is 0. The van der Waals surface area contributed by atoms with E-state index in [1.165, 1.54) is 55.5 Å². The van der Waals surface area contributed by atoms with Crippen LogP contribution in [0, 0.1) is 27.7 Å². The van der Waals surface area contributed by atoms with Crippen LogP contribution < -0.4 is 10.6 Å². The Labute approximate surface area is 218 Å². The SMILES string of the molecule is Cc1cc(C(C)(C)C)cc(C)c1Nc1ccc2cc(Nc3c(C)cc(C(C)(C)C)cc3C)ccc2c1. The molecule has 2 nitrogen and oxygen atoms in total. The second-order valence-electron chi connectivity index (χ2n) is 12.5. The monoisotopic (exact) mass is 478 g/mol. The van der Waals surface area contributed by atoms with E-state index in [1.54, 1.807) is 0 Å². The molecule has 0 bridgehead atoms. The molecular weight excluding hydrogens is 436 g/mol. The topological polar surface area (TPSA) is 24.1 Å². The van der Waals surface area contributed by atoms with Crippen LogP contribution in [-0.4, -0.2) is 0 Å². The summed E-state index contributed by atoms with van der Waals surface area (Å²) in [6.07, 6.45) is 0. The van der Waals surface area contributed by atoms with E-state index in [0.717, 1.165) is 11.4 Å². The molecule has 0 aliphatic heterocycles. The molecule has 0 unspecified atom stereocenters. The van der Waals surface area contributed by atoms with Crippen LogP contribution in [0.5, 0.6) is 0 Å². The van der Waals surface area contributed by atoms with Crippen LogP contribution in [0.3, 0.4) is 0 Å².